The lowest BCUT2D eigenvalue weighted by atomic mass is 10.6. The Balaban J connectivity index is 1.98. The van der Waals surface area contributed by atoms with Crippen LogP contribution in [0.2, 0.25) is 0 Å². The van der Waals surface area contributed by atoms with Gasteiger partial charge in [0.2, 0.25) is 0 Å². The molecule has 0 radical (unpaired) electrons. The van der Waals surface area contributed by atoms with Crippen LogP contribution in [-0.2, 0) is 4.74 Å². The number of rotatable bonds is 2. The van der Waals surface area contributed by atoms with Crippen molar-refractivity contribution in [2.75, 3.05) is 32.8 Å². The van der Waals surface area contributed by atoms with Gasteiger partial charge in [-0.2, -0.15) is 0 Å². The molecule has 0 spiro atoms. The van der Waals surface area contributed by atoms with E-state index in [1.54, 1.807) is 0 Å². The van der Waals surface area contributed by atoms with E-state index in [4.69, 9.17) is 4.74 Å². The molecule has 0 saturated heterocycles. The Morgan fingerprint density at radius 2 is 2.38 bits per heavy atom. The van der Waals surface area contributed by atoms with Gasteiger partial charge in [0, 0.05) is 0 Å². The van der Waals surface area contributed by atoms with Gasteiger partial charge in [0.05, 0.1) is 32.8 Å². The van der Waals surface area contributed by atoms with E-state index in [0.717, 1.165) is 32.2 Å². The zero-order valence-electron chi connectivity index (χ0n) is 7.81. The Labute approximate surface area is 77.7 Å². The Morgan fingerprint density at radius 1 is 1.46 bits per heavy atom. The number of aliphatic imine (C=N–C) groups is 2. The fourth-order valence-corrected chi connectivity index (χ4v) is 1.46. The Bertz CT molecular complexity index is 238. The van der Waals surface area contributed by atoms with E-state index >= 15 is 0 Å². The third kappa shape index (κ3) is 1.59. The highest BCUT2D eigenvalue weighted by molar-refractivity contribution is 5.77. The minimum atomic E-state index is 0.667. The van der Waals surface area contributed by atoms with Crippen LogP contribution in [0.1, 0.15) is 6.92 Å². The van der Waals surface area contributed by atoms with Gasteiger partial charge in [-0.25, -0.2) is 10.0 Å². The van der Waals surface area contributed by atoms with Crippen molar-refractivity contribution in [3.8, 4) is 0 Å². The first-order valence-electron chi connectivity index (χ1n) is 4.63. The molecule has 0 saturated carbocycles. The van der Waals surface area contributed by atoms with Gasteiger partial charge in [-0.15, -0.1) is 0 Å². The van der Waals surface area contributed by atoms with Crippen LogP contribution in [0.3, 0.4) is 0 Å². The molecule has 0 bridgehead atoms. The number of hydrogen-bond donors (Lipinski definition) is 0. The lowest BCUT2D eigenvalue weighted by Gasteiger charge is -2.28. The smallest absolute Gasteiger partial charge is 0.306 e. The molecule has 5 heteroatoms. The predicted octanol–water partition coefficient (Wildman–Crippen LogP) is -0.0466. The molecular formula is C8H14N4O. The summed E-state index contributed by atoms with van der Waals surface area (Å²) < 4.78 is 5.40. The maximum absolute atomic E-state index is 5.40. The Morgan fingerprint density at radius 3 is 3.08 bits per heavy atom. The van der Waals surface area contributed by atoms with E-state index in [1.165, 1.54) is 0 Å². The molecular weight excluding hydrogens is 168 g/mol. The van der Waals surface area contributed by atoms with Gasteiger partial charge in [0.15, 0.2) is 0 Å². The van der Waals surface area contributed by atoms with Gasteiger partial charge in [0.25, 0.3) is 0 Å². The number of ether oxygens (including phenoxy) is 1. The topological polar surface area (TPSA) is 40.4 Å². The second-order valence-corrected chi connectivity index (χ2v) is 2.91. The SMILES string of the molecule is CCOC1=NCCN1N1C=NCC1. The van der Waals surface area contributed by atoms with E-state index < -0.39 is 0 Å². The number of hydrazine groups is 1. The van der Waals surface area contributed by atoms with E-state index in [-0.39, 0.29) is 0 Å². The molecule has 13 heavy (non-hydrogen) atoms. The van der Waals surface area contributed by atoms with Gasteiger partial charge >= 0.3 is 6.02 Å². The largest absolute Gasteiger partial charge is 0.464 e. The van der Waals surface area contributed by atoms with Crippen molar-refractivity contribution in [3.05, 3.63) is 0 Å². The van der Waals surface area contributed by atoms with Crippen LogP contribution in [-0.4, -0.2) is 55.2 Å². The van der Waals surface area contributed by atoms with Crippen molar-refractivity contribution in [1.82, 2.24) is 10.0 Å². The van der Waals surface area contributed by atoms with Crippen LogP contribution in [0.5, 0.6) is 0 Å². The van der Waals surface area contributed by atoms with Gasteiger partial charge in [0.1, 0.15) is 6.34 Å². The summed E-state index contributed by atoms with van der Waals surface area (Å²) in [5.41, 5.74) is 0. The third-order valence-corrected chi connectivity index (χ3v) is 2.04. The summed E-state index contributed by atoms with van der Waals surface area (Å²) >= 11 is 0. The highest BCUT2D eigenvalue weighted by Crippen LogP contribution is 2.08. The van der Waals surface area contributed by atoms with Crippen molar-refractivity contribution in [2.45, 2.75) is 6.92 Å². The average Bonchev–Trinajstić information content (AvgIpc) is 2.71. The van der Waals surface area contributed by atoms with Crippen LogP contribution in [0.4, 0.5) is 0 Å². The molecule has 0 fully saturated rings. The lowest BCUT2D eigenvalue weighted by Crippen LogP contribution is -2.44. The molecule has 0 aromatic carbocycles. The zero-order chi connectivity index (χ0) is 9.10. The number of nitrogens with zero attached hydrogens (tertiary/aromatic N) is 4. The molecule has 0 aromatic heterocycles. The van der Waals surface area contributed by atoms with Crippen molar-refractivity contribution < 1.29 is 4.74 Å². The molecule has 0 N–H and O–H groups in total. The minimum absolute atomic E-state index is 0.667. The maximum atomic E-state index is 5.40. The summed E-state index contributed by atoms with van der Waals surface area (Å²) in [6.45, 7) is 6.17. The monoisotopic (exact) mass is 182 g/mol. The van der Waals surface area contributed by atoms with Gasteiger partial charge < -0.3 is 4.74 Å². The molecule has 0 atom stereocenters. The van der Waals surface area contributed by atoms with E-state index in [9.17, 15) is 0 Å². The average molecular weight is 182 g/mol. The standard InChI is InChI=1S/C8H14N4O/c1-2-13-8-10-4-6-12(8)11-5-3-9-7-11/h7H,2-6H2,1H3. The summed E-state index contributed by atoms with van der Waals surface area (Å²) in [6.07, 6.45) is 1.85. The summed E-state index contributed by atoms with van der Waals surface area (Å²) in [4.78, 5) is 8.42. The summed E-state index contributed by atoms with van der Waals surface area (Å²) in [7, 11) is 0. The first kappa shape index (κ1) is 8.34. The highest BCUT2D eigenvalue weighted by Gasteiger charge is 2.24. The fourth-order valence-electron chi connectivity index (χ4n) is 1.46. The van der Waals surface area contributed by atoms with Crippen LogP contribution in [0.15, 0.2) is 9.98 Å². The lowest BCUT2D eigenvalue weighted by molar-refractivity contribution is 0.120. The maximum Gasteiger partial charge on any atom is 0.306 e. The van der Waals surface area contributed by atoms with E-state index in [2.05, 4.69) is 15.0 Å². The molecule has 2 rings (SSSR count). The molecule has 0 amide bonds. The Kier molecular flexibility index (Phi) is 2.33. The first-order chi connectivity index (χ1) is 6.42. The Hall–Kier alpha value is -1.26. The molecule has 72 valence electrons. The molecule has 0 aliphatic carbocycles. The normalized spacial score (nSPS) is 21.2. The van der Waals surface area contributed by atoms with Gasteiger partial charge in [-0.1, -0.05) is 0 Å². The molecule has 0 aromatic rings. The van der Waals surface area contributed by atoms with Crippen molar-refractivity contribution in [1.29, 1.82) is 0 Å². The summed E-state index contributed by atoms with van der Waals surface area (Å²) in [5, 5.41) is 4.10. The molecule has 2 aliphatic heterocycles. The number of amidine groups is 1. The van der Waals surface area contributed by atoms with Gasteiger partial charge in [-0.05, 0) is 6.92 Å². The van der Waals surface area contributed by atoms with Crippen LogP contribution >= 0.6 is 0 Å². The van der Waals surface area contributed by atoms with Gasteiger partial charge in [-0.3, -0.25) is 10.0 Å². The molecule has 2 aliphatic rings. The van der Waals surface area contributed by atoms with E-state index in [0.29, 0.717) is 6.61 Å². The summed E-state index contributed by atoms with van der Waals surface area (Å²) in [6, 6.07) is 0.732. The zero-order valence-corrected chi connectivity index (χ0v) is 7.81. The second-order valence-electron chi connectivity index (χ2n) is 2.91. The van der Waals surface area contributed by atoms with Crippen molar-refractivity contribution >= 4 is 12.4 Å². The summed E-state index contributed by atoms with van der Waals surface area (Å²) in [5.74, 6) is 0. The van der Waals surface area contributed by atoms with Crippen LogP contribution in [0, 0.1) is 0 Å². The van der Waals surface area contributed by atoms with E-state index in [1.807, 2.05) is 18.3 Å². The third-order valence-electron chi connectivity index (χ3n) is 2.04. The molecule has 2 heterocycles. The quantitative estimate of drug-likeness (QED) is 0.601. The highest BCUT2D eigenvalue weighted by atomic mass is 16.5. The fraction of sp³-hybridized carbons (Fsp3) is 0.750. The predicted molar refractivity (Wildman–Crippen MR) is 50.7 cm³/mol. The minimum Gasteiger partial charge on any atom is -0.464 e. The van der Waals surface area contributed by atoms with Crippen LogP contribution < -0.4 is 0 Å². The number of hydrogen-bond acceptors (Lipinski definition) is 5. The van der Waals surface area contributed by atoms with Crippen molar-refractivity contribution in [2.24, 2.45) is 9.98 Å². The van der Waals surface area contributed by atoms with Crippen molar-refractivity contribution in [3.63, 3.8) is 0 Å². The molecule has 5 nitrogen and oxygen atoms in total. The van der Waals surface area contributed by atoms with Crippen LogP contribution in [0.25, 0.3) is 0 Å². The first-order valence-corrected chi connectivity index (χ1v) is 4.63. The molecule has 0 unspecified atom stereocenters. The second kappa shape index (κ2) is 3.64.